The standard InChI is InChI=1S/C15H22N2O3/c1-4-17(5-2)14(19)8-9-16-15(20)12-7-6-11(3)10-13(12)18/h6-7,10,18H,4-5,8-9H2,1-3H3,(H,16,20). The van der Waals surface area contributed by atoms with Crippen LogP contribution in [-0.2, 0) is 4.79 Å². The van der Waals surface area contributed by atoms with Crippen molar-refractivity contribution in [1.82, 2.24) is 10.2 Å². The van der Waals surface area contributed by atoms with Crippen LogP contribution in [0.2, 0.25) is 0 Å². The van der Waals surface area contributed by atoms with Gasteiger partial charge in [-0.1, -0.05) is 6.07 Å². The van der Waals surface area contributed by atoms with Gasteiger partial charge < -0.3 is 15.3 Å². The molecule has 0 fully saturated rings. The van der Waals surface area contributed by atoms with E-state index in [0.717, 1.165) is 5.56 Å². The molecule has 20 heavy (non-hydrogen) atoms. The second-order valence-electron chi connectivity index (χ2n) is 4.59. The third-order valence-electron chi connectivity index (χ3n) is 3.14. The number of amides is 2. The Morgan fingerprint density at radius 2 is 1.90 bits per heavy atom. The van der Waals surface area contributed by atoms with E-state index in [0.29, 0.717) is 13.1 Å². The summed E-state index contributed by atoms with van der Waals surface area (Å²) in [6, 6.07) is 4.87. The molecule has 1 aromatic rings. The molecule has 0 radical (unpaired) electrons. The summed E-state index contributed by atoms with van der Waals surface area (Å²) in [5.41, 5.74) is 1.11. The molecule has 5 heteroatoms. The highest BCUT2D eigenvalue weighted by Gasteiger charge is 2.13. The Labute approximate surface area is 119 Å². The summed E-state index contributed by atoms with van der Waals surface area (Å²) in [5.74, 6) is -0.393. The number of aryl methyl sites for hydroxylation is 1. The van der Waals surface area contributed by atoms with Gasteiger partial charge in [-0.25, -0.2) is 0 Å². The van der Waals surface area contributed by atoms with Gasteiger partial charge in [-0.2, -0.15) is 0 Å². The van der Waals surface area contributed by atoms with Gasteiger partial charge in [0.1, 0.15) is 5.75 Å². The molecule has 1 aromatic carbocycles. The SMILES string of the molecule is CCN(CC)C(=O)CCNC(=O)c1ccc(C)cc1O. The third-order valence-corrected chi connectivity index (χ3v) is 3.14. The second kappa shape index (κ2) is 7.53. The zero-order chi connectivity index (χ0) is 15.1. The average molecular weight is 278 g/mol. The van der Waals surface area contributed by atoms with Gasteiger partial charge in [-0.3, -0.25) is 9.59 Å². The highest BCUT2D eigenvalue weighted by Crippen LogP contribution is 2.17. The number of phenolic OH excluding ortho intramolecular Hbond substituents is 1. The predicted molar refractivity (Wildman–Crippen MR) is 77.7 cm³/mol. The highest BCUT2D eigenvalue weighted by molar-refractivity contribution is 5.97. The summed E-state index contributed by atoms with van der Waals surface area (Å²) >= 11 is 0. The van der Waals surface area contributed by atoms with Crippen LogP contribution in [0.4, 0.5) is 0 Å². The van der Waals surface area contributed by atoms with E-state index in [-0.39, 0.29) is 36.1 Å². The molecule has 5 nitrogen and oxygen atoms in total. The summed E-state index contributed by atoms with van der Waals surface area (Å²) < 4.78 is 0. The van der Waals surface area contributed by atoms with Gasteiger partial charge in [-0.15, -0.1) is 0 Å². The Bertz CT molecular complexity index is 482. The molecule has 0 atom stereocenters. The molecule has 0 saturated carbocycles. The average Bonchev–Trinajstić information content (AvgIpc) is 2.39. The fourth-order valence-corrected chi connectivity index (χ4v) is 1.95. The van der Waals surface area contributed by atoms with Crippen LogP contribution in [0.15, 0.2) is 18.2 Å². The molecular weight excluding hydrogens is 256 g/mol. The minimum atomic E-state index is -0.366. The minimum Gasteiger partial charge on any atom is -0.507 e. The summed E-state index contributed by atoms with van der Waals surface area (Å²) in [6.07, 6.45) is 0.264. The van der Waals surface area contributed by atoms with Crippen LogP contribution in [0.1, 0.15) is 36.2 Å². The van der Waals surface area contributed by atoms with Crippen LogP contribution in [0.5, 0.6) is 5.75 Å². The molecule has 2 N–H and O–H groups in total. The molecule has 110 valence electrons. The van der Waals surface area contributed by atoms with Crippen molar-refractivity contribution in [3.05, 3.63) is 29.3 Å². The molecule has 0 aliphatic rings. The topological polar surface area (TPSA) is 69.6 Å². The maximum atomic E-state index is 11.9. The lowest BCUT2D eigenvalue weighted by molar-refractivity contribution is -0.130. The van der Waals surface area contributed by atoms with Crippen molar-refractivity contribution < 1.29 is 14.7 Å². The van der Waals surface area contributed by atoms with Crippen molar-refractivity contribution in [2.24, 2.45) is 0 Å². The summed E-state index contributed by atoms with van der Waals surface area (Å²) in [5, 5.41) is 12.3. The van der Waals surface area contributed by atoms with Gasteiger partial charge in [0.2, 0.25) is 5.91 Å². The van der Waals surface area contributed by atoms with Crippen molar-refractivity contribution in [3.63, 3.8) is 0 Å². The third kappa shape index (κ3) is 4.26. The lowest BCUT2D eigenvalue weighted by atomic mass is 10.1. The van der Waals surface area contributed by atoms with Gasteiger partial charge in [-0.05, 0) is 38.5 Å². The summed E-state index contributed by atoms with van der Waals surface area (Å²) in [7, 11) is 0. The quantitative estimate of drug-likeness (QED) is 0.832. The normalized spacial score (nSPS) is 10.2. The van der Waals surface area contributed by atoms with Gasteiger partial charge >= 0.3 is 0 Å². The van der Waals surface area contributed by atoms with E-state index >= 15 is 0 Å². The van der Waals surface area contributed by atoms with Crippen LogP contribution < -0.4 is 5.32 Å². The lowest BCUT2D eigenvalue weighted by Gasteiger charge is -2.18. The van der Waals surface area contributed by atoms with Crippen molar-refractivity contribution in [1.29, 1.82) is 0 Å². The maximum absolute atomic E-state index is 11.9. The van der Waals surface area contributed by atoms with E-state index in [1.807, 2.05) is 20.8 Å². The smallest absolute Gasteiger partial charge is 0.255 e. The zero-order valence-corrected chi connectivity index (χ0v) is 12.3. The van der Waals surface area contributed by atoms with Crippen LogP contribution >= 0.6 is 0 Å². The van der Waals surface area contributed by atoms with E-state index in [4.69, 9.17) is 0 Å². The van der Waals surface area contributed by atoms with Crippen LogP contribution in [-0.4, -0.2) is 41.5 Å². The molecule has 1 rings (SSSR count). The Hall–Kier alpha value is -2.04. The molecule has 0 spiro atoms. The summed E-state index contributed by atoms with van der Waals surface area (Å²) in [6.45, 7) is 7.28. The molecule has 2 amide bonds. The first-order chi connectivity index (χ1) is 9.49. The molecule has 0 saturated heterocycles. The first-order valence-corrected chi connectivity index (χ1v) is 6.85. The fourth-order valence-electron chi connectivity index (χ4n) is 1.95. The minimum absolute atomic E-state index is 0.0171. The Balaban J connectivity index is 2.50. The number of carbonyl (C=O) groups excluding carboxylic acids is 2. The van der Waals surface area contributed by atoms with E-state index in [9.17, 15) is 14.7 Å². The van der Waals surface area contributed by atoms with Crippen LogP contribution in [0.3, 0.4) is 0 Å². The Morgan fingerprint density at radius 3 is 2.45 bits per heavy atom. The molecular formula is C15H22N2O3. The number of nitrogens with one attached hydrogen (secondary N) is 1. The number of nitrogens with zero attached hydrogens (tertiary/aromatic N) is 1. The number of carbonyl (C=O) groups is 2. The maximum Gasteiger partial charge on any atom is 0.255 e. The Morgan fingerprint density at radius 1 is 1.25 bits per heavy atom. The molecule has 0 unspecified atom stereocenters. The van der Waals surface area contributed by atoms with Crippen LogP contribution in [0, 0.1) is 6.92 Å². The van der Waals surface area contributed by atoms with Gasteiger partial charge in [0.25, 0.3) is 5.91 Å². The number of hydrogen-bond donors (Lipinski definition) is 2. The molecule has 0 aliphatic heterocycles. The van der Waals surface area contributed by atoms with Gasteiger partial charge in [0, 0.05) is 26.1 Å². The number of phenols is 1. The van der Waals surface area contributed by atoms with Crippen molar-refractivity contribution >= 4 is 11.8 Å². The van der Waals surface area contributed by atoms with Gasteiger partial charge in [0.05, 0.1) is 5.56 Å². The van der Waals surface area contributed by atoms with Crippen molar-refractivity contribution in [3.8, 4) is 5.75 Å². The van der Waals surface area contributed by atoms with Gasteiger partial charge in [0.15, 0.2) is 0 Å². The Kier molecular flexibility index (Phi) is 6.03. The van der Waals surface area contributed by atoms with E-state index < -0.39 is 0 Å². The highest BCUT2D eigenvalue weighted by atomic mass is 16.3. The second-order valence-corrected chi connectivity index (χ2v) is 4.59. The van der Waals surface area contributed by atoms with Crippen LogP contribution in [0.25, 0.3) is 0 Å². The fraction of sp³-hybridized carbons (Fsp3) is 0.467. The first kappa shape index (κ1) is 16.0. The lowest BCUT2D eigenvalue weighted by Crippen LogP contribution is -2.34. The zero-order valence-electron chi connectivity index (χ0n) is 12.3. The number of aromatic hydroxyl groups is 1. The molecule has 0 aliphatic carbocycles. The molecule has 0 heterocycles. The monoisotopic (exact) mass is 278 g/mol. The van der Waals surface area contributed by atoms with E-state index in [1.54, 1.807) is 17.0 Å². The van der Waals surface area contributed by atoms with Crippen molar-refractivity contribution in [2.45, 2.75) is 27.2 Å². The first-order valence-electron chi connectivity index (χ1n) is 6.85. The van der Waals surface area contributed by atoms with Crippen molar-refractivity contribution in [2.75, 3.05) is 19.6 Å². The largest absolute Gasteiger partial charge is 0.507 e. The van der Waals surface area contributed by atoms with E-state index in [1.165, 1.54) is 6.07 Å². The molecule has 0 aromatic heterocycles. The summed E-state index contributed by atoms with van der Waals surface area (Å²) in [4.78, 5) is 25.3. The van der Waals surface area contributed by atoms with E-state index in [2.05, 4.69) is 5.32 Å². The molecule has 0 bridgehead atoms. The number of hydrogen-bond acceptors (Lipinski definition) is 3. The number of benzene rings is 1. The number of rotatable bonds is 6. The predicted octanol–water partition coefficient (Wildman–Crippen LogP) is 1.69.